The zero-order valence-electron chi connectivity index (χ0n) is 16.4. The number of fused-ring (bicyclic) bond motifs is 3. The molecule has 146 valence electrons. The zero-order valence-corrected chi connectivity index (χ0v) is 17.2. The molecule has 4 aromatic rings. The van der Waals surface area contributed by atoms with Crippen LogP contribution in [0, 0.1) is 11.3 Å². The molecule has 0 N–H and O–H groups in total. The van der Waals surface area contributed by atoms with Gasteiger partial charge in [0.15, 0.2) is 0 Å². The van der Waals surface area contributed by atoms with Crippen molar-refractivity contribution >= 4 is 33.3 Å². The number of hydrogen-bond donors (Lipinski definition) is 0. The van der Waals surface area contributed by atoms with Gasteiger partial charge in [-0.1, -0.05) is 0 Å². The molecule has 3 atom stereocenters. The molecule has 1 saturated heterocycles. The number of aromatic nitrogens is 4. The molecule has 1 aliphatic heterocycles. The number of ether oxygens (including phenoxy) is 1. The van der Waals surface area contributed by atoms with Crippen LogP contribution in [0.3, 0.4) is 0 Å². The van der Waals surface area contributed by atoms with E-state index in [9.17, 15) is 5.26 Å². The van der Waals surface area contributed by atoms with Gasteiger partial charge in [0.1, 0.15) is 11.3 Å². The molecule has 5 rings (SSSR count). The highest BCUT2D eigenvalue weighted by molar-refractivity contribution is 7.07. The van der Waals surface area contributed by atoms with E-state index in [1.54, 1.807) is 11.3 Å². The van der Waals surface area contributed by atoms with E-state index < -0.39 is 0 Å². The van der Waals surface area contributed by atoms with Crippen molar-refractivity contribution in [1.29, 1.82) is 5.26 Å². The molecule has 1 aliphatic rings. The SMILES string of the molecule is C[C@@H]1C[C@H](n2c(Cc3cscn3)nc3cnc4ccc(C#N)cc4c32)C[C@H](C)O1. The molecule has 0 aliphatic carbocycles. The third kappa shape index (κ3) is 3.28. The van der Waals surface area contributed by atoms with Crippen LogP contribution in [0.5, 0.6) is 0 Å². The highest BCUT2D eigenvalue weighted by Crippen LogP contribution is 2.36. The third-order valence-corrected chi connectivity index (χ3v) is 6.21. The van der Waals surface area contributed by atoms with Gasteiger partial charge in [-0.05, 0) is 44.9 Å². The van der Waals surface area contributed by atoms with E-state index in [0.29, 0.717) is 12.0 Å². The number of nitrogens with zero attached hydrogens (tertiary/aromatic N) is 5. The summed E-state index contributed by atoms with van der Waals surface area (Å²) in [4.78, 5) is 14.0. The van der Waals surface area contributed by atoms with Crippen LogP contribution in [0.15, 0.2) is 35.3 Å². The smallest absolute Gasteiger partial charge is 0.116 e. The van der Waals surface area contributed by atoms with Crippen molar-refractivity contribution in [2.24, 2.45) is 0 Å². The maximum atomic E-state index is 9.42. The number of pyridine rings is 1. The Kier molecular flexibility index (Phi) is 4.53. The van der Waals surface area contributed by atoms with Gasteiger partial charge < -0.3 is 9.30 Å². The molecular formula is C22H21N5OS. The molecule has 4 heterocycles. The Bertz CT molecular complexity index is 1210. The van der Waals surface area contributed by atoms with E-state index >= 15 is 0 Å². The van der Waals surface area contributed by atoms with Crippen LogP contribution in [-0.2, 0) is 11.2 Å². The largest absolute Gasteiger partial charge is 0.375 e. The molecule has 0 saturated carbocycles. The maximum Gasteiger partial charge on any atom is 0.116 e. The molecule has 0 amide bonds. The zero-order chi connectivity index (χ0) is 20.0. The van der Waals surface area contributed by atoms with E-state index in [-0.39, 0.29) is 18.2 Å². The second kappa shape index (κ2) is 7.21. The standard InChI is InChI=1S/C22H21N5OS/c1-13-5-17(6-14(2)28-13)27-21(8-16-11-29-12-25-16)26-20-10-24-19-4-3-15(9-23)7-18(19)22(20)27/h3-4,7,10-14,17H,5-6,8H2,1-2H3/t13-,14+,17+. The monoisotopic (exact) mass is 403 g/mol. The fraction of sp³-hybridized carbons (Fsp3) is 0.364. The first-order valence-corrected chi connectivity index (χ1v) is 10.8. The summed E-state index contributed by atoms with van der Waals surface area (Å²) in [7, 11) is 0. The average molecular weight is 404 g/mol. The molecule has 0 bridgehead atoms. The van der Waals surface area contributed by atoms with Gasteiger partial charge in [0.05, 0.1) is 52.3 Å². The average Bonchev–Trinajstić information content (AvgIpc) is 3.34. The summed E-state index contributed by atoms with van der Waals surface area (Å²) in [6, 6.07) is 8.20. The van der Waals surface area contributed by atoms with Crippen molar-refractivity contribution < 1.29 is 4.74 Å². The summed E-state index contributed by atoms with van der Waals surface area (Å²) < 4.78 is 8.37. The highest BCUT2D eigenvalue weighted by atomic mass is 32.1. The molecule has 1 aromatic carbocycles. The number of benzene rings is 1. The lowest BCUT2D eigenvalue weighted by Gasteiger charge is -2.34. The molecule has 7 heteroatoms. The Balaban J connectivity index is 1.77. The van der Waals surface area contributed by atoms with Crippen LogP contribution in [0.1, 0.15) is 49.8 Å². The van der Waals surface area contributed by atoms with E-state index in [1.807, 2.05) is 29.9 Å². The minimum Gasteiger partial charge on any atom is -0.375 e. The first-order chi connectivity index (χ1) is 14.1. The highest BCUT2D eigenvalue weighted by Gasteiger charge is 2.29. The summed E-state index contributed by atoms with van der Waals surface area (Å²) in [5.74, 6) is 0.994. The van der Waals surface area contributed by atoms with Gasteiger partial charge in [0, 0.05) is 23.2 Å². The van der Waals surface area contributed by atoms with Crippen LogP contribution in [-0.4, -0.2) is 31.7 Å². The predicted molar refractivity (Wildman–Crippen MR) is 113 cm³/mol. The van der Waals surface area contributed by atoms with Crippen molar-refractivity contribution in [2.45, 2.75) is 51.4 Å². The van der Waals surface area contributed by atoms with Crippen LogP contribution in [0.2, 0.25) is 0 Å². The van der Waals surface area contributed by atoms with Gasteiger partial charge >= 0.3 is 0 Å². The second-order valence-electron chi connectivity index (χ2n) is 7.77. The van der Waals surface area contributed by atoms with Crippen LogP contribution >= 0.6 is 11.3 Å². The number of thiazole rings is 1. The molecule has 3 aromatic heterocycles. The number of hydrogen-bond acceptors (Lipinski definition) is 6. The first kappa shape index (κ1) is 18.2. The Hall–Kier alpha value is -2.82. The minimum atomic E-state index is 0.191. The Morgan fingerprint density at radius 3 is 2.76 bits per heavy atom. The summed E-state index contributed by atoms with van der Waals surface area (Å²) >= 11 is 1.60. The van der Waals surface area contributed by atoms with Crippen molar-refractivity contribution in [3.8, 4) is 6.07 Å². The van der Waals surface area contributed by atoms with Gasteiger partial charge in [0.2, 0.25) is 0 Å². The van der Waals surface area contributed by atoms with E-state index in [0.717, 1.165) is 46.3 Å². The molecule has 0 unspecified atom stereocenters. The Morgan fingerprint density at radius 2 is 2.03 bits per heavy atom. The Labute approximate surface area is 172 Å². The van der Waals surface area contributed by atoms with Gasteiger partial charge in [-0.25, -0.2) is 9.97 Å². The molecule has 29 heavy (non-hydrogen) atoms. The normalized spacial score (nSPS) is 22.2. The van der Waals surface area contributed by atoms with Crippen LogP contribution < -0.4 is 0 Å². The first-order valence-electron chi connectivity index (χ1n) is 9.84. The van der Waals surface area contributed by atoms with Crippen molar-refractivity contribution in [2.75, 3.05) is 0 Å². The fourth-order valence-electron chi connectivity index (χ4n) is 4.48. The third-order valence-electron chi connectivity index (χ3n) is 5.58. The maximum absolute atomic E-state index is 9.42. The number of rotatable bonds is 3. The lowest BCUT2D eigenvalue weighted by Crippen LogP contribution is -2.31. The lowest BCUT2D eigenvalue weighted by atomic mass is 9.98. The second-order valence-corrected chi connectivity index (χ2v) is 8.49. The predicted octanol–water partition coefficient (Wildman–Crippen LogP) is 4.63. The van der Waals surface area contributed by atoms with E-state index in [1.165, 1.54) is 0 Å². The topological polar surface area (TPSA) is 76.6 Å². The molecular weight excluding hydrogens is 382 g/mol. The van der Waals surface area contributed by atoms with Gasteiger partial charge in [-0.3, -0.25) is 4.98 Å². The molecule has 6 nitrogen and oxygen atoms in total. The van der Waals surface area contributed by atoms with Crippen molar-refractivity contribution in [1.82, 2.24) is 19.5 Å². The van der Waals surface area contributed by atoms with Crippen molar-refractivity contribution in [3.63, 3.8) is 0 Å². The summed E-state index contributed by atoms with van der Waals surface area (Å²) in [6.07, 6.45) is 4.77. The van der Waals surface area contributed by atoms with E-state index in [4.69, 9.17) is 9.72 Å². The quantitative estimate of drug-likeness (QED) is 0.498. The van der Waals surface area contributed by atoms with Gasteiger partial charge in [-0.2, -0.15) is 5.26 Å². The summed E-state index contributed by atoms with van der Waals surface area (Å²) in [5.41, 5.74) is 6.32. The van der Waals surface area contributed by atoms with E-state index in [2.05, 4.69) is 39.8 Å². The summed E-state index contributed by atoms with van der Waals surface area (Å²) in [5, 5.41) is 12.5. The fourth-order valence-corrected chi connectivity index (χ4v) is 5.04. The van der Waals surface area contributed by atoms with Crippen LogP contribution in [0.25, 0.3) is 21.9 Å². The summed E-state index contributed by atoms with van der Waals surface area (Å²) in [6.45, 7) is 4.27. The number of imidazole rings is 1. The van der Waals surface area contributed by atoms with Crippen molar-refractivity contribution in [3.05, 3.63) is 52.4 Å². The lowest BCUT2D eigenvalue weighted by molar-refractivity contribution is -0.0484. The van der Waals surface area contributed by atoms with Gasteiger partial charge in [-0.15, -0.1) is 11.3 Å². The molecule has 1 fully saturated rings. The molecule has 0 spiro atoms. The molecule has 0 radical (unpaired) electrons. The Morgan fingerprint density at radius 1 is 1.21 bits per heavy atom. The van der Waals surface area contributed by atoms with Crippen LogP contribution in [0.4, 0.5) is 0 Å². The minimum absolute atomic E-state index is 0.191. The van der Waals surface area contributed by atoms with Gasteiger partial charge in [0.25, 0.3) is 0 Å². The number of nitriles is 1.